The quantitative estimate of drug-likeness (QED) is 0.558. The van der Waals surface area contributed by atoms with Crippen molar-refractivity contribution < 1.29 is 14.0 Å². The molecule has 1 aromatic rings. The molecule has 1 aromatic heterocycles. The van der Waals surface area contributed by atoms with E-state index in [2.05, 4.69) is 15.6 Å². The summed E-state index contributed by atoms with van der Waals surface area (Å²) < 4.78 is 5.20. The Balaban J connectivity index is 2.51. The SMILES string of the molecule is Cc1cnc(C(C)NC(=O)C(=O)NCC#N)o1. The summed E-state index contributed by atoms with van der Waals surface area (Å²) >= 11 is 0. The standard InChI is InChI=1S/C10H12N4O3/c1-6-5-13-10(17-6)7(2)14-9(16)8(15)12-4-3-11/h5,7H,4H2,1-2H3,(H,12,15)(H,14,16). The normalized spacial score (nSPS) is 11.4. The molecule has 1 atom stereocenters. The van der Waals surface area contributed by atoms with Crippen molar-refractivity contribution >= 4 is 11.8 Å². The third kappa shape index (κ3) is 3.61. The molecule has 17 heavy (non-hydrogen) atoms. The van der Waals surface area contributed by atoms with E-state index >= 15 is 0 Å². The smallest absolute Gasteiger partial charge is 0.310 e. The Hall–Kier alpha value is -2.36. The van der Waals surface area contributed by atoms with Crippen LogP contribution in [-0.2, 0) is 9.59 Å². The Bertz CT molecular complexity index is 460. The molecule has 1 unspecified atom stereocenters. The van der Waals surface area contributed by atoms with Crippen molar-refractivity contribution in [3.63, 3.8) is 0 Å². The zero-order valence-electron chi connectivity index (χ0n) is 9.48. The predicted octanol–water partition coefficient (Wildman–Crippen LogP) is -0.200. The number of rotatable bonds is 3. The third-order valence-corrected chi connectivity index (χ3v) is 1.89. The van der Waals surface area contributed by atoms with Crippen LogP contribution >= 0.6 is 0 Å². The predicted molar refractivity (Wildman–Crippen MR) is 56.4 cm³/mol. The van der Waals surface area contributed by atoms with Crippen LogP contribution in [0.25, 0.3) is 0 Å². The summed E-state index contributed by atoms with van der Waals surface area (Å²) in [6, 6.07) is 1.19. The van der Waals surface area contributed by atoms with Crippen molar-refractivity contribution in [1.82, 2.24) is 15.6 Å². The van der Waals surface area contributed by atoms with Gasteiger partial charge in [0.2, 0.25) is 5.89 Å². The Morgan fingerprint density at radius 1 is 1.59 bits per heavy atom. The van der Waals surface area contributed by atoms with E-state index in [-0.39, 0.29) is 6.54 Å². The van der Waals surface area contributed by atoms with E-state index < -0.39 is 17.9 Å². The lowest BCUT2D eigenvalue weighted by Gasteiger charge is -2.09. The molecule has 7 nitrogen and oxygen atoms in total. The van der Waals surface area contributed by atoms with Crippen LogP contribution in [0.5, 0.6) is 0 Å². The van der Waals surface area contributed by atoms with Gasteiger partial charge < -0.3 is 15.1 Å². The van der Waals surface area contributed by atoms with E-state index in [0.29, 0.717) is 11.7 Å². The van der Waals surface area contributed by atoms with Gasteiger partial charge in [0, 0.05) is 0 Å². The largest absolute Gasteiger partial charge is 0.444 e. The number of carbonyl (C=O) groups is 2. The van der Waals surface area contributed by atoms with Gasteiger partial charge in [0.25, 0.3) is 0 Å². The van der Waals surface area contributed by atoms with Gasteiger partial charge in [0.15, 0.2) is 0 Å². The minimum atomic E-state index is -0.860. The van der Waals surface area contributed by atoms with Crippen molar-refractivity contribution in [3.05, 3.63) is 17.8 Å². The maximum Gasteiger partial charge on any atom is 0.310 e. The number of nitriles is 1. The van der Waals surface area contributed by atoms with Gasteiger partial charge in [-0.05, 0) is 13.8 Å². The number of hydrogen-bond acceptors (Lipinski definition) is 5. The summed E-state index contributed by atoms with van der Waals surface area (Å²) in [5.41, 5.74) is 0. The van der Waals surface area contributed by atoms with Crippen LogP contribution in [0.2, 0.25) is 0 Å². The molecule has 2 N–H and O–H groups in total. The van der Waals surface area contributed by atoms with E-state index in [1.165, 1.54) is 6.20 Å². The van der Waals surface area contributed by atoms with Crippen molar-refractivity contribution in [2.75, 3.05) is 6.54 Å². The summed E-state index contributed by atoms with van der Waals surface area (Å²) in [4.78, 5) is 26.4. The second-order valence-electron chi connectivity index (χ2n) is 3.35. The maximum atomic E-state index is 11.3. The highest BCUT2D eigenvalue weighted by Crippen LogP contribution is 2.11. The topological polar surface area (TPSA) is 108 Å². The summed E-state index contributed by atoms with van der Waals surface area (Å²) in [5, 5.41) is 12.8. The van der Waals surface area contributed by atoms with Gasteiger partial charge in [-0.15, -0.1) is 0 Å². The molecular formula is C10H12N4O3. The molecule has 0 radical (unpaired) electrons. The van der Waals surface area contributed by atoms with Crippen molar-refractivity contribution in [2.45, 2.75) is 19.9 Å². The van der Waals surface area contributed by atoms with Crippen LogP contribution in [0.1, 0.15) is 24.6 Å². The molecule has 1 heterocycles. The summed E-state index contributed by atoms with van der Waals surface area (Å²) in [5.74, 6) is -0.746. The zero-order valence-corrected chi connectivity index (χ0v) is 9.48. The first-order valence-electron chi connectivity index (χ1n) is 4.92. The van der Waals surface area contributed by atoms with Gasteiger partial charge in [-0.25, -0.2) is 4.98 Å². The molecule has 0 aliphatic rings. The molecule has 0 fully saturated rings. The lowest BCUT2D eigenvalue weighted by Crippen LogP contribution is -2.41. The van der Waals surface area contributed by atoms with Crippen molar-refractivity contribution in [3.8, 4) is 6.07 Å². The van der Waals surface area contributed by atoms with Gasteiger partial charge in [0.05, 0.1) is 12.3 Å². The molecular weight excluding hydrogens is 224 g/mol. The first-order chi connectivity index (χ1) is 8.04. The number of hydrogen-bond donors (Lipinski definition) is 2. The van der Waals surface area contributed by atoms with E-state index in [4.69, 9.17) is 9.68 Å². The average Bonchev–Trinajstić information content (AvgIpc) is 2.72. The lowest BCUT2D eigenvalue weighted by atomic mass is 10.3. The monoisotopic (exact) mass is 236 g/mol. The highest BCUT2D eigenvalue weighted by atomic mass is 16.4. The number of nitrogens with zero attached hydrogens (tertiary/aromatic N) is 2. The molecule has 0 saturated heterocycles. The van der Waals surface area contributed by atoms with Gasteiger partial charge in [-0.3, -0.25) is 9.59 Å². The van der Waals surface area contributed by atoms with Crippen LogP contribution < -0.4 is 10.6 Å². The van der Waals surface area contributed by atoms with Crippen LogP contribution in [0, 0.1) is 18.3 Å². The van der Waals surface area contributed by atoms with Crippen molar-refractivity contribution in [2.24, 2.45) is 0 Å². The molecule has 7 heteroatoms. The van der Waals surface area contributed by atoms with Crippen LogP contribution in [-0.4, -0.2) is 23.3 Å². The third-order valence-electron chi connectivity index (χ3n) is 1.89. The highest BCUT2D eigenvalue weighted by molar-refractivity contribution is 6.35. The molecule has 0 aromatic carbocycles. The summed E-state index contributed by atoms with van der Waals surface area (Å²) in [6.07, 6.45) is 1.52. The minimum Gasteiger partial charge on any atom is -0.444 e. The van der Waals surface area contributed by atoms with Crippen molar-refractivity contribution in [1.29, 1.82) is 5.26 Å². The van der Waals surface area contributed by atoms with E-state index in [1.807, 2.05) is 0 Å². The number of nitrogens with one attached hydrogen (secondary N) is 2. The Morgan fingerprint density at radius 3 is 2.82 bits per heavy atom. The first kappa shape index (κ1) is 12.7. The second kappa shape index (κ2) is 5.65. The number of aromatic nitrogens is 1. The average molecular weight is 236 g/mol. The molecule has 1 rings (SSSR count). The number of aryl methyl sites for hydroxylation is 1. The molecule has 0 aliphatic heterocycles. The Morgan fingerprint density at radius 2 is 2.29 bits per heavy atom. The van der Waals surface area contributed by atoms with E-state index in [1.54, 1.807) is 19.9 Å². The van der Waals surface area contributed by atoms with E-state index in [9.17, 15) is 9.59 Å². The summed E-state index contributed by atoms with van der Waals surface area (Å²) in [6.45, 7) is 3.16. The van der Waals surface area contributed by atoms with Gasteiger partial charge in [-0.1, -0.05) is 0 Å². The number of amides is 2. The highest BCUT2D eigenvalue weighted by Gasteiger charge is 2.19. The number of carbonyl (C=O) groups excluding carboxylic acids is 2. The second-order valence-corrected chi connectivity index (χ2v) is 3.35. The van der Waals surface area contributed by atoms with Crippen LogP contribution in [0.15, 0.2) is 10.6 Å². The van der Waals surface area contributed by atoms with Gasteiger partial charge in [-0.2, -0.15) is 5.26 Å². The first-order valence-corrected chi connectivity index (χ1v) is 4.92. The minimum absolute atomic E-state index is 0.210. The zero-order chi connectivity index (χ0) is 12.8. The maximum absolute atomic E-state index is 11.3. The number of oxazole rings is 1. The fourth-order valence-corrected chi connectivity index (χ4v) is 1.10. The molecule has 0 saturated carbocycles. The molecule has 90 valence electrons. The molecule has 0 spiro atoms. The Labute approximate surface area is 97.8 Å². The van der Waals surface area contributed by atoms with Crippen LogP contribution in [0.3, 0.4) is 0 Å². The van der Waals surface area contributed by atoms with Crippen LogP contribution in [0.4, 0.5) is 0 Å². The molecule has 0 aliphatic carbocycles. The summed E-state index contributed by atoms with van der Waals surface area (Å²) in [7, 11) is 0. The van der Waals surface area contributed by atoms with Gasteiger partial charge in [0.1, 0.15) is 18.3 Å². The van der Waals surface area contributed by atoms with Gasteiger partial charge >= 0.3 is 11.8 Å². The Kier molecular flexibility index (Phi) is 4.22. The fraction of sp³-hybridized carbons (Fsp3) is 0.400. The lowest BCUT2D eigenvalue weighted by molar-refractivity contribution is -0.139. The van der Waals surface area contributed by atoms with E-state index in [0.717, 1.165) is 0 Å². The fourth-order valence-electron chi connectivity index (χ4n) is 1.10. The molecule has 0 bridgehead atoms. The molecule has 2 amide bonds.